The second kappa shape index (κ2) is 5.89. The monoisotopic (exact) mass is 250 g/mol. The molecule has 3 heteroatoms. The van der Waals surface area contributed by atoms with Crippen molar-refractivity contribution >= 4 is 11.8 Å². The van der Waals surface area contributed by atoms with Crippen LogP contribution in [0.15, 0.2) is 23.1 Å². The minimum Gasteiger partial charge on any atom is -0.329 e. The third-order valence-corrected chi connectivity index (χ3v) is 4.70. The Bertz CT molecular complexity index is 378. The molecule has 0 amide bonds. The van der Waals surface area contributed by atoms with E-state index in [1.165, 1.54) is 34.6 Å². The predicted octanol–water partition coefficient (Wildman–Crippen LogP) is 2.50. The van der Waals surface area contributed by atoms with Crippen LogP contribution in [0.2, 0.25) is 0 Å². The summed E-state index contributed by atoms with van der Waals surface area (Å²) in [5.74, 6) is 1.27. The van der Waals surface area contributed by atoms with Crippen LogP contribution in [0, 0.1) is 0 Å². The van der Waals surface area contributed by atoms with Gasteiger partial charge in [-0.2, -0.15) is 0 Å². The van der Waals surface area contributed by atoms with Crippen molar-refractivity contribution in [3.8, 4) is 0 Å². The quantitative estimate of drug-likeness (QED) is 0.890. The van der Waals surface area contributed by atoms with E-state index in [1.54, 1.807) is 0 Å². The van der Waals surface area contributed by atoms with Crippen molar-refractivity contribution in [2.75, 3.05) is 19.3 Å². The van der Waals surface area contributed by atoms with Gasteiger partial charge >= 0.3 is 0 Å². The highest BCUT2D eigenvalue weighted by Crippen LogP contribution is 2.30. The van der Waals surface area contributed by atoms with Crippen LogP contribution in [0.5, 0.6) is 0 Å². The van der Waals surface area contributed by atoms with Gasteiger partial charge in [-0.15, -0.1) is 11.8 Å². The summed E-state index contributed by atoms with van der Waals surface area (Å²) in [5.41, 5.74) is 8.64. The van der Waals surface area contributed by atoms with Gasteiger partial charge in [0.1, 0.15) is 0 Å². The molecule has 2 N–H and O–H groups in total. The third-order valence-electron chi connectivity index (χ3n) is 3.50. The number of nitrogens with zero attached hydrogens (tertiary/aromatic N) is 1. The number of fused-ring (bicyclic) bond motifs is 1. The smallest absolute Gasteiger partial charge is 0.0234 e. The van der Waals surface area contributed by atoms with Crippen molar-refractivity contribution < 1.29 is 0 Å². The number of hydrogen-bond donors (Lipinski definition) is 1. The fourth-order valence-electron chi connectivity index (χ4n) is 2.14. The van der Waals surface area contributed by atoms with Gasteiger partial charge in [-0.3, -0.25) is 4.90 Å². The maximum atomic E-state index is 5.69. The lowest BCUT2D eigenvalue weighted by Crippen LogP contribution is -2.34. The van der Waals surface area contributed by atoms with Crippen molar-refractivity contribution in [1.29, 1.82) is 0 Å². The minimum absolute atomic E-state index is 0.445. The first-order valence-corrected chi connectivity index (χ1v) is 7.34. The van der Waals surface area contributed by atoms with E-state index in [0.29, 0.717) is 6.04 Å². The molecule has 0 aliphatic carbocycles. The first-order chi connectivity index (χ1) is 8.20. The van der Waals surface area contributed by atoms with Crippen LogP contribution in [-0.4, -0.2) is 30.3 Å². The van der Waals surface area contributed by atoms with E-state index in [0.717, 1.165) is 13.1 Å². The molecule has 0 spiro atoms. The van der Waals surface area contributed by atoms with Crippen molar-refractivity contribution in [3.05, 3.63) is 29.3 Å². The summed E-state index contributed by atoms with van der Waals surface area (Å²) in [7, 11) is 2.14. The van der Waals surface area contributed by atoms with Crippen molar-refractivity contribution in [1.82, 2.24) is 4.90 Å². The maximum absolute atomic E-state index is 5.69. The number of rotatable bonds is 4. The number of nitrogens with two attached hydrogens (primary N) is 1. The molecule has 0 saturated carbocycles. The summed E-state index contributed by atoms with van der Waals surface area (Å²) >= 11 is 1.99. The fraction of sp³-hybridized carbons (Fsp3) is 0.571. The van der Waals surface area contributed by atoms with Gasteiger partial charge in [0, 0.05) is 24.0 Å². The van der Waals surface area contributed by atoms with Gasteiger partial charge in [0.15, 0.2) is 0 Å². The number of benzene rings is 1. The molecule has 2 rings (SSSR count). The number of thioether (sulfide) groups is 1. The van der Waals surface area contributed by atoms with Crippen molar-refractivity contribution in [2.45, 2.75) is 37.2 Å². The SMILES string of the molecule is CC(CN)N(C)Cc1ccc2c(c1)CCCS2. The number of hydrogen-bond acceptors (Lipinski definition) is 3. The number of likely N-dealkylation sites (N-methyl/N-ethyl adjacent to an activating group) is 1. The van der Waals surface area contributed by atoms with E-state index in [2.05, 4.69) is 37.1 Å². The van der Waals surface area contributed by atoms with Gasteiger partial charge < -0.3 is 5.73 Å². The van der Waals surface area contributed by atoms with Gasteiger partial charge in [-0.1, -0.05) is 12.1 Å². The molecular weight excluding hydrogens is 228 g/mol. The summed E-state index contributed by atoms with van der Waals surface area (Å²) in [6, 6.07) is 7.37. The molecule has 0 aromatic heterocycles. The Labute approximate surface area is 109 Å². The average molecular weight is 250 g/mol. The molecule has 1 aliphatic rings. The van der Waals surface area contributed by atoms with E-state index in [4.69, 9.17) is 5.73 Å². The molecule has 1 heterocycles. The molecule has 1 unspecified atom stereocenters. The minimum atomic E-state index is 0.445. The Kier molecular flexibility index (Phi) is 4.48. The van der Waals surface area contributed by atoms with Crippen LogP contribution in [-0.2, 0) is 13.0 Å². The molecule has 1 atom stereocenters. The highest BCUT2D eigenvalue weighted by molar-refractivity contribution is 7.99. The van der Waals surface area contributed by atoms with Gasteiger partial charge in [0.05, 0.1) is 0 Å². The van der Waals surface area contributed by atoms with E-state index >= 15 is 0 Å². The lowest BCUT2D eigenvalue weighted by atomic mass is 10.1. The summed E-state index contributed by atoms with van der Waals surface area (Å²) in [6.45, 7) is 3.89. The number of aryl methyl sites for hydroxylation is 1. The first kappa shape index (κ1) is 12.9. The van der Waals surface area contributed by atoms with Crippen LogP contribution >= 0.6 is 11.8 Å². The van der Waals surface area contributed by atoms with Crippen LogP contribution < -0.4 is 5.73 Å². The molecule has 0 radical (unpaired) electrons. The lowest BCUT2D eigenvalue weighted by molar-refractivity contribution is 0.254. The Hall–Kier alpha value is -0.510. The van der Waals surface area contributed by atoms with Crippen molar-refractivity contribution in [3.63, 3.8) is 0 Å². The Balaban J connectivity index is 2.06. The molecule has 1 aromatic carbocycles. The zero-order valence-electron chi connectivity index (χ0n) is 10.8. The van der Waals surface area contributed by atoms with Gasteiger partial charge in [0.2, 0.25) is 0 Å². The summed E-state index contributed by atoms with van der Waals surface area (Å²) in [6.07, 6.45) is 2.56. The van der Waals surface area contributed by atoms with Gasteiger partial charge in [-0.25, -0.2) is 0 Å². The Morgan fingerprint density at radius 1 is 1.47 bits per heavy atom. The maximum Gasteiger partial charge on any atom is 0.0234 e. The average Bonchev–Trinajstić information content (AvgIpc) is 2.37. The van der Waals surface area contributed by atoms with Crippen LogP contribution in [0.4, 0.5) is 0 Å². The molecular formula is C14H22N2S. The summed E-state index contributed by atoms with van der Waals surface area (Å²) in [4.78, 5) is 3.80. The molecule has 1 aromatic rings. The molecule has 17 heavy (non-hydrogen) atoms. The standard InChI is InChI=1S/C14H22N2S/c1-11(9-15)16(2)10-12-5-6-14-13(8-12)4-3-7-17-14/h5-6,8,11H,3-4,7,9-10,15H2,1-2H3. The molecule has 0 fully saturated rings. The third kappa shape index (κ3) is 3.24. The van der Waals surface area contributed by atoms with E-state index in [9.17, 15) is 0 Å². The predicted molar refractivity (Wildman–Crippen MR) is 75.5 cm³/mol. The highest BCUT2D eigenvalue weighted by Gasteiger charge is 2.12. The van der Waals surface area contributed by atoms with E-state index < -0.39 is 0 Å². The second-order valence-corrected chi connectivity index (χ2v) is 6.03. The van der Waals surface area contributed by atoms with Crippen molar-refractivity contribution in [2.24, 2.45) is 5.73 Å². The molecule has 0 bridgehead atoms. The topological polar surface area (TPSA) is 29.3 Å². The molecule has 1 aliphatic heterocycles. The largest absolute Gasteiger partial charge is 0.329 e. The summed E-state index contributed by atoms with van der Waals surface area (Å²) in [5, 5.41) is 0. The lowest BCUT2D eigenvalue weighted by Gasteiger charge is -2.24. The molecule has 0 saturated heterocycles. The van der Waals surface area contributed by atoms with Gasteiger partial charge in [-0.05, 0) is 49.8 Å². The highest BCUT2D eigenvalue weighted by atomic mass is 32.2. The van der Waals surface area contributed by atoms with Crippen LogP contribution in [0.1, 0.15) is 24.5 Å². The summed E-state index contributed by atoms with van der Waals surface area (Å²) < 4.78 is 0. The molecule has 2 nitrogen and oxygen atoms in total. The zero-order chi connectivity index (χ0) is 12.3. The molecule has 94 valence electrons. The van der Waals surface area contributed by atoms with Crippen LogP contribution in [0.25, 0.3) is 0 Å². The normalized spacial score (nSPS) is 16.9. The first-order valence-electron chi connectivity index (χ1n) is 6.35. The Morgan fingerprint density at radius 3 is 3.06 bits per heavy atom. The Morgan fingerprint density at radius 2 is 2.29 bits per heavy atom. The van der Waals surface area contributed by atoms with Gasteiger partial charge in [0.25, 0.3) is 0 Å². The zero-order valence-corrected chi connectivity index (χ0v) is 11.6. The second-order valence-electron chi connectivity index (χ2n) is 4.89. The van der Waals surface area contributed by atoms with E-state index in [-0.39, 0.29) is 0 Å². The van der Waals surface area contributed by atoms with E-state index in [1.807, 2.05) is 11.8 Å². The fourth-order valence-corrected chi connectivity index (χ4v) is 3.16. The van der Waals surface area contributed by atoms with Crippen LogP contribution in [0.3, 0.4) is 0 Å².